The summed E-state index contributed by atoms with van der Waals surface area (Å²) in [5.74, 6) is 0. The largest absolute Gasteiger partial charge is 0.373 e. The first-order valence-corrected chi connectivity index (χ1v) is 9.07. The molecule has 0 atom stereocenters. The second-order valence-corrected chi connectivity index (χ2v) is 8.50. The van der Waals surface area contributed by atoms with E-state index in [0.29, 0.717) is 35.6 Å². The van der Waals surface area contributed by atoms with E-state index in [1.165, 1.54) is 4.31 Å². The normalized spacial score (nSPS) is 19.6. The van der Waals surface area contributed by atoms with Gasteiger partial charge in [-0.3, -0.25) is 0 Å². The Hall–Kier alpha value is -0.470. The number of halogens is 1. The zero-order valence-corrected chi connectivity index (χ0v) is 14.9. The number of sulfonamides is 1. The fourth-order valence-corrected chi connectivity index (χ4v) is 5.04. The molecule has 1 aliphatic rings. The van der Waals surface area contributed by atoms with E-state index in [1.807, 2.05) is 33.0 Å². The molecule has 0 unspecified atom stereocenters. The number of morpholine rings is 1. The fourth-order valence-electron chi connectivity index (χ4n) is 2.39. The van der Waals surface area contributed by atoms with Gasteiger partial charge in [0.05, 0.1) is 17.1 Å². The number of hydrogen-bond donors (Lipinski definition) is 1. The second kappa shape index (κ2) is 6.34. The minimum Gasteiger partial charge on any atom is -0.373 e. The molecule has 0 aromatic heterocycles. The van der Waals surface area contributed by atoms with Crippen LogP contribution in [0.4, 0.5) is 0 Å². The van der Waals surface area contributed by atoms with Gasteiger partial charge in [-0.05, 0) is 54.5 Å². The number of nitrogens with zero attached hydrogens (tertiary/aromatic N) is 1. The van der Waals surface area contributed by atoms with Gasteiger partial charge in [0, 0.05) is 24.1 Å². The molecule has 0 amide bonds. The van der Waals surface area contributed by atoms with Gasteiger partial charge in [-0.15, -0.1) is 0 Å². The Bertz CT molecular complexity index is 617. The first kappa shape index (κ1) is 16.9. The third-order valence-corrected chi connectivity index (χ3v) is 6.21. The SMILES string of the molecule is CNCc1ccc(S(=O)(=O)N2CCOC(C)(C)C2)c(Br)c1. The van der Waals surface area contributed by atoms with Gasteiger partial charge in [0.25, 0.3) is 0 Å². The van der Waals surface area contributed by atoms with Crippen molar-refractivity contribution in [2.45, 2.75) is 30.9 Å². The van der Waals surface area contributed by atoms with Crippen molar-refractivity contribution in [2.24, 2.45) is 0 Å². The molecule has 118 valence electrons. The van der Waals surface area contributed by atoms with Crippen molar-refractivity contribution in [3.63, 3.8) is 0 Å². The van der Waals surface area contributed by atoms with Crippen molar-refractivity contribution in [3.05, 3.63) is 28.2 Å². The monoisotopic (exact) mass is 376 g/mol. The Morgan fingerprint density at radius 3 is 2.71 bits per heavy atom. The zero-order chi connectivity index (χ0) is 15.7. The van der Waals surface area contributed by atoms with E-state index in [1.54, 1.807) is 6.07 Å². The van der Waals surface area contributed by atoms with Crippen LogP contribution in [-0.2, 0) is 21.3 Å². The molecule has 1 aliphatic heterocycles. The number of nitrogens with one attached hydrogen (secondary N) is 1. The first-order chi connectivity index (χ1) is 9.76. The number of hydrogen-bond acceptors (Lipinski definition) is 4. The van der Waals surface area contributed by atoms with Crippen molar-refractivity contribution >= 4 is 26.0 Å². The maximum Gasteiger partial charge on any atom is 0.244 e. The van der Waals surface area contributed by atoms with E-state index in [2.05, 4.69) is 21.2 Å². The van der Waals surface area contributed by atoms with Crippen LogP contribution in [0.1, 0.15) is 19.4 Å². The smallest absolute Gasteiger partial charge is 0.244 e. The summed E-state index contributed by atoms with van der Waals surface area (Å²) in [5.41, 5.74) is 0.578. The van der Waals surface area contributed by atoms with Gasteiger partial charge in [-0.2, -0.15) is 4.31 Å². The highest BCUT2D eigenvalue weighted by molar-refractivity contribution is 9.10. The van der Waals surface area contributed by atoms with Gasteiger partial charge in [-0.25, -0.2) is 8.42 Å². The van der Waals surface area contributed by atoms with Crippen LogP contribution in [0.2, 0.25) is 0 Å². The molecule has 1 aromatic carbocycles. The Balaban J connectivity index is 2.31. The van der Waals surface area contributed by atoms with E-state index >= 15 is 0 Å². The van der Waals surface area contributed by atoms with Crippen LogP contribution in [0.25, 0.3) is 0 Å². The molecule has 0 bridgehead atoms. The van der Waals surface area contributed by atoms with Gasteiger partial charge >= 0.3 is 0 Å². The summed E-state index contributed by atoms with van der Waals surface area (Å²) in [7, 11) is -1.65. The van der Waals surface area contributed by atoms with Crippen LogP contribution < -0.4 is 5.32 Å². The van der Waals surface area contributed by atoms with Crippen molar-refractivity contribution in [1.82, 2.24) is 9.62 Å². The average molecular weight is 377 g/mol. The number of benzene rings is 1. The number of rotatable bonds is 4. The highest BCUT2D eigenvalue weighted by atomic mass is 79.9. The van der Waals surface area contributed by atoms with E-state index < -0.39 is 15.6 Å². The Labute approximate surface area is 134 Å². The second-order valence-electron chi connectivity index (χ2n) is 5.74. The van der Waals surface area contributed by atoms with Gasteiger partial charge in [0.15, 0.2) is 0 Å². The highest BCUT2D eigenvalue weighted by Crippen LogP contribution is 2.29. The molecule has 1 heterocycles. The van der Waals surface area contributed by atoms with Crippen molar-refractivity contribution in [1.29, 1.82) is 0 Å². The topological polar surface area (TPSA) is 58.6 Å². The van der Waals surface area contributed by atoms with Crippen LogP contribution >= 0.6 is 15.9 Å². The van der Waals surface area contributed by atoms with E-state index in [4.69, 9.17) is 4.74 Å². The highest BCUT2D eigenvalue weighted by Gasteiger charge is 2.35. The lowest BCUT2D eigenvalue weighted by Crippen LogP contribution is -2.50. The minimum atomic E-state index is -3.51. The maximum atomic E-state index is 12.8. The molecule has 2 rings (SSSR count). The molecular weight excluding hydrogens is 356 g/mol. The molecule has 21 heavy (non-hydrogen) atoms. The Morgan fingerprint density at radius 1 is 1.43 bits per heavy atom. The van der Waals surface area contributed by atoms with Gasteiger partial charge in [-0.1, -0.05) is 6.07 Å². The summed E-state index contributed by atoms with van der Waals surface area (Å²) in [4.78, 5) is 0.306. The van der Waals surface area contributed by atoms with E-state index in [-0.39, 0.29) is 0 Å². The van der Waals surface area contributed by atoms with Crippen LogP contribution in [0, 0.1) is 0 Å². The Kier molecular flexibility index (Phi) is 5.10. The predicted octanol–water partition coefficient (Wildman–Crippen LogP) is 1.97. The molecular formula is C14H21BrN2O3S. The molecule has 0 aliphatic carbocycles. The Morgan fingerprint density at radius 2 is 2.14 bits per heavy atom. The van der Waals surface area contributed by atoms with Crippen molar-refractivity contribution in [2.75, 3.05) is 26.7 Å². The van der Waals surface area contributed by atoms with Gasteiger partial charge in [0.2, 0.25) is 10.0 Å². The predicted molar refractivity (Wildman–Crippen MR) is 85.7 cm³/mol. The molecule has 7 heteroatoms. The fraction of sp³-hybridized carbons (Fsp3) is 0.571. The minimum absolute atomic E-state index is 0.306. The first-order valence-electron chi connectivity index (χ1n) is 6.83. The summed E-state index contributed by atoms with van der Waals surface area (Å²) in [6.45, 7) is 5.67. The van der Waals surface area contributed by atoms with E-state index in [0.717, 1.165) is 5.56 Å². The average Bonchev–Trinajstić information content (AvgIpc) is 2.37. The quantitative estimate of drug-likeness (QED) is 0.872. The van der Waals surface area contributed by atoms with Gasteiger partial charge in [0.1, 0.15) is 0 Å². The summed E-state index contributed by atoms with van der Waals surface area (Å²) in [6, 6.07) is 5.34. The molecule has 0 spiro atoms. The van der Waals surface area contributed by atoms with Crippen LogP contribution in [0.15, 0.2) is 27.6 Å². The molecule has 0 saturated carbocycles. The maximum absolute atomic E-state index is 12.8. The molecule has 1 N–H and O–H groups in total. The lowest BCUT2D eigenvalue weighted by atomic mass is 10.1. The third kappa shape index (κ3) is 3.84. The molecule has 1 aromatic rings. The molecule has 1 saturated heterocycles. The lowest BCUT2D eigenvalue weighted by Gasteiger charge is -2.37. The van der Waals surface area contributed by atoms with Gasteiger partial charge < -0.3 is 10.1 Å². The van der Waals surface area contributed by atoms with Crippen LogP contribution in [-0.4, -0.2) is 45.1 Å². The lowest BCUT2D eigenvalue weighted by molar-refractivity contribution is -0.0640. The van der Waals surface area contributed by atoms with Crippen molar-refractivity contribution < 1.29 is 13.2 Å². The molecule has 1 fully saturated rings. The summed E-state index contributed by atoms with van der Waals surface area (Å²) in [5, 5.41) is 3.05. The molecule has 5 nitrogen and oxygen atoms in total. The van der Waals surface area contributed by atoms with Crippen LogP contribution in [0.3, 0.4) is 0 Å². The summed E-state index contributed by atoms with van der Waals surface area (Å²) >= 11 is 3.38. The van der Waals surface area contributed by atoms with Crippen molar-refractivity contribution in [3.8, 4) is 0 Å². The summed E-state index contributed by atoms with van der Waals surface area (Å²) < 4.78 is 33.3. The zero-order valence-electron chi connectivity index (χ0n) is 12.5. The standard InChI is InChI=1S/C14H21BrN2O3S/c1-14(2)10-17(6-7-20-14)21(18,19)13-5-4-11(9-16-3)8-12(13)15/h4-5,8,16H,6-7,9-10H2,1-3H3. The number of ether oxygens (including phenoxy) is 1. The third-order valence-electron chi connectivity index (χ3n) is 3.39. The van der Waals surface area contributed by atoms with Crippen LogP contribution in [0.5, 0.6) is 0 Å². The van der Waals surface area contributed by atoms with E-state index in [9.17, 15) is 8.42 Å². The summed E-state index contributed by atoms with van der Waals surface area (Å²) in [6.07, 6.45) is 0. The molecule has 0 radical (unpaired) electrons.